The zero-order valence-electron chi connectivity index (χ0n) is 13.0. The Morgan fingerprint density at radius 3 is 2.39 bits per heavy atom. The van der Waals surface area contributed by atoms with Crippen LogP contribution < -0.4 is 10.1 Å². The van der Waals surface area contributed by atoms with Gasteiger partial charge in [0.1, 0.15) is 11.5 Å². The van der Waals surface area contributed by atoms with Gasteiger partial charge in [-0.2, -0.15) is 0 Å². The molecule has 0 aliphatic rings. The van der Waals surface area contributed by atoms with Crippen LogP contribution in [0.3, 0.4) is 0 Å². The molecule has 3 aromatic carbocycles. The lowest BCUT2D eigenvalue weighted by Crippen LogP contribution is -1.99. The van der Waals surface area contributed by atoms with Gasteiger partial charge < -0.3 is 15.2 Å². The van der Waals surface area contributed by atoms with Gasteiger partial charge in [0.25, 0.3) is 0 Å². The van der Waals surface area contributed by atoms with Gasteiger partial charge in [0.2, 0.25) is 0 Å². The maximum atomic E-state index is 9.78. The highest BCUT2D eigenvalue weighted by Gasteiger charge is 2.02. The van der Waals surface area contributed by atoms with E-state index in [0.29, 0.717) is 12.3 Å². The summed E-state index contributed by atoms with van der Waals surface area (Å²) in [7, 11) is 1.67. The lowest BCUT2D eigenvalue weighted by Gasteiger charge is -2.09. The Morgan fingerprint density at radius 1 is 0.870 bits per heavy atom. The topological polar surface area (TPSA) is 41.5 Å². The molecule has 0 unspecified atom stereocenters. The highest BCUT2D eigenvalue weighted by Crippen LogP contribution is 2.25. The SMILES string of the molecule is COc1cccc(-c2ccc(NCc3ccccc3O)cc2)c1. The van der Waals surface area contributed by atoms with Crippen LogP contribution in [0, 0.1) is 0 Å². The molecule has 3 rings (SSSR count). The largest absolute Gasteiger partial charge is 0.508 e. The average Bonchev–Trinajstić information content (AvgIpc) is 2.61. The second-order valence-corrected chi connectivity index (χ2v) is 5.29. The van der Waals surface area contributed by atoms with Crippen molar-refractivity contribution in [2.45, 2.75) is 6.54 Å². The number of methoxy groups -OCH3 is 1. The minimum atomic E-state index is 0.313. The van der Waals surface area contributed by atoms with E-state index < -0.39 is 0 Å². The van der Waals surface area contributed by atoms with Crippen molar-refractivity contribution in [1.29, 1.82) is 0 Å². The molecule has 3 aromatic rings. The molecule has 0 saturated heterocycles. The first-order valence-electron chi connectivity index (χ1n) is 7.51. The fraction of sp³-hybridized carbons (Fsp3) is 0.100. The fourth-order valence-electron chi connectivity index (χ4n) is 2.44. The quantitative estimate of drug-likeness (QED) is 0.719. The molecule has 0 spiro atoms. The summed E-state index contributed by atoms with van der Waals surface area (Å²) >= 11 is 0. The summed E-state index contributed by atoms with van der Waals surface area (Å²) in [5, 5.41) is 13.1. The maximum Gasteiger partial charge on any atom is 0.120 e. The van der Waals surface area contributed by atoms with Crippen LogP contribution in [0.4, 0.5) is 5.69 Å². The summed E-state index contributed by atoms with van der Waals surface area (Å²) < 4.78 is 5.26. The third-order valence-electron chi connectivity index (χ3n) is 3.76. The highest BCUT2D eigenvalue weighted by molar-refractivity contribution is 5.67. The molecule has 0 aromatic heterocycles. The van der Waals surface area contributed by atoms with E-state index in [0.717, 1.165) is 28.1 Å². The molecular weight excluding hydrogens is 286 g/mol. The summed E-state index contributed by atoms with van der Waals surface area (Å²) in [5.74, 6) is 1.16. The van der Waals surface area contributed by atoms with Gasteiger partial charge in [0.05, 0.1) is 7.11 Å². The number of phenols is 1. The van der Waals surface area contributed by atoms with Crippen molar-refractivity contribution in [1.82, 2.24) is 0 Å². The van der Waals surface area contributed by atoms with Gasteiger partial charge in [0.15, 0.2) is 0 Å². The Labute approximate surface area is 136 Å². The number of rotatable bonds is 5. The van der Waals surface area contributed by atoms with E-state index >= 15 is 0 Å². The molecule has 0 saturated carbocycles. The maximum absolute atomic E-state index is 9.78. The van der Waals surface area contributed by atoms with Crippen LogP contribution in [-0.4, -0.2) is 12.2 Å². The molecule has 23 heavy (non-hydrogen) atoms. The van der Waals surface area contributed by atoms with Crippen molar-refractivity contribution >= 4 is 5.69 Å². The zero-order chi connectivity index (χ0) is 16.1. The molecule has 3 heteroatoms. The summed E-state index contributed by atoms with van der Waals surface area (Å²) in [6.07, 6.45) is 0. The van der Waals surface area contributed by atoms with E-state index in [-0.39, 0.29) is 0 Å². The number of para-hydroxylation sites is 1. The number of hydrogen-bond acceptors (Lipinski definition) is 3. The van der Waals surface area contributed by atoms with E-state index in [4.69, 9.17) is 4.74 Å². The number of nitrogens with one attached hydrogen (secondary N) is 1. The van der Waals surface area contributed by atoms with E-state index in [2.05, 4.69) is 23.5 Å². The summed E-state index contributed by atoms with van der Waals surface area (Å²) in [5.41, 5.74) is 4.15. The third kappa shape index (κ3) is 3.64. The fourth-order valence-corrected chi connectivity index (χ4v) is 2.44. The number of ether oxygens (including phenoxy) is 1. The highest BCUT2D eigenvalue weighted by atomic mass is 16.5. The first-order valence-corrected chi connectivity index (χ1v) is 7.51. The van der Waals surface area contributed by atoms with Gasteiger partial charge in [-0.3, -0.25) is 0 Å². The summed E-state index contributed by atoms with van der Waals surface area (Å²) in [6.45, 7) is 0.588. The van der Waals surface area contributed by atoms with Crippen molar-refractivity contribution in [3.05, 3.63) is 78.4 Å². The molecule has 0 fully saturated rings. The number of benzene rings is 3. The van der Waals surface area contributed by atoms with Crippen LogP contribution >= 0.6 is 0 Å². The van der Waals surface area contributed by atoms with Gasteiger partial charge in [-0.25, -0.2) is 0 Å². The third-order valence-corrected chi connectivity index (χ3v) is 3.76. The normalized spacial score (nSPS) is 10.3. The minimum absolute atomic E-state index is 0.313. The van der Waals surface area contributed by atoms with Crippen LogP contribution in [-0.2, 0) is 6.54 Å². The summed E-state index contributed by atoms with van der Waals surface area (Å²) in [6, 6.07) is 23.6. The van der Waals surface area contributed by atoms with Gasteiger partial charge >= 0.3 is 0 Å². The Morgan fingerprint density at radius 2 is 1.65 bits per heavy atom. The van der Waals surface area contributed by atoms with Gasteiger partial charge in [-0.15, -0.1) is 0 Å². The van der Waals surface area contributed by atoms with Crippen molar-refractivity contribution in [3.8, 4) is 22.6 Å². The van der Waals surface area contributed by atoms with Gasteiger partial charge in [-0.05, 0) is 41.5 Å². The monoisotopic (exact) mass is 305 g/mol. The van der Waals surface area contributed by atoms with E-state index in [1.807, 2.05) is 48.5 Å². The van der Waals surface area contributed by atoms with Crippen LogP contribution in [0.2, 0.25) is 0 Å². The second-order valence-electron chi connectivity index (χ2n) is 5.29. The van der Waals surface area contributed by atoms with E-state index in [9.17, 15) is 5.11 Å². The lowest BCUT2D eigenvalue weighted by molar-refractivity contribution is 0.415. The number of aromatic hydroxyl groups is 1. The average molecular weight is 305 g/mol. The van der Waals surface area contributed by atoms with Crippen molar-refractivity contribution in [2.24, 2.45) is 0 Å². The van der Waals surface area contributed by atoms with Crippen molar-refractivity contribution in [2.75, 3.05) is 12.4 Å². The Bertz CT molecular complexity index is 782. The van der Waals surface area contributed by atoms with E-state index in [1.54, 1.807) is 13.2 Å². The molecule has 0 aliphatic carbocycles. The molecule has 2 N–H and O–H groups in total. The Hall–Kier alpha value is -2.94. The van der Waals surface area contributed by atoms with Gasteiger partial charge in [-0.1, -0.05) is 42.5 Å². The lowest BCUT2D eigenvalue weighted by atomic mass is 10.1. The number of phenolic OH excluding ortho intramolecular Hbond substituents is 1. The van der Waals surface area contributed by atoms with Crippen LogP contribution in [0.25, 0.3) is 11.1 Å². The van der Waals surface area contributed by atoms with Crippen LogP contribution in [0.15, 0.2) is 72.8 Å². The number of hydrogen-bond donors (Lipinski definition) is 2. The Kier molecular flexibility index (Phi) is 4.48. The standard InChI is InChI=1S/C20H19NO2/c1-23-19-7-4-6-16(13-19)15-9-11-18(12-10-15)21-14-17-5-2-3-8-20(17)22/h2-13,21-22H,14H2,1H3. The molecule has 3 nitrogen and oxygen atoms in total. The summed E-state index contributed by atoms with van der Waals surface area (Å²) in [4.78, 5) is 0. The zero-order valence-corrected chi connectivity index (χ0v) is 13.0. The first kappa shape index (κ1) is 15.0. The molecule has 0 bridgehead atoms. The molecule has 0 heterocycles. The number of anilines is 1. The van der Waals surface area contributed by atoms with Crippen LogP contribution in [0.1, 0.15) is 5.56 Å². The van der Waals surface area contributed by atoms with E-state index in [1.165, 1.54) is 0 Å². The molecule has 0 amide bonds. The Balaban J connectivity index is 1.71. The van der Waals surface area contributed by atoms with Crippen molar-refractivity contribution in [3.63, 3.8) is 0 Å². The molecule has 0 aliphatic heterocycles. The van der Waals surface area contributed by atoms with Crippen LogP contribution in [0.5, 0.6) is 11.5 Å². The van der Waals surface area contributed by atoms with Gasteiger partial charge in [0, 0.05) is 17.8 Å². The second kappa shape index (κ2) is 6.88. The van der Waals surface area contributed by atoms with Crippen molar-refractivity contribution < 1.29 is 9.84 Å². The molecule has 0 atom stereocenters. The first-order chi connectivity index (χ1) is 11.3. The molecule has 0 radical (unpaired) electrons. The minimum Gasteiger partial charge on any atom is -0.508 e. The molecular formula is C20H19NO2. The predicted octanol–water partition coefficient (Wildman–Crippen LogP) is 4.68. The smallest absolute Gasteiger partial charge is 0.120 e. The predicted molar refractivity (Wildman–Crippen MR) is 93.9 cm³/mol. The molecule has 116 valence electrons.